The summed E-state index contributed by atoms with van der Waals surface area (Å²) in [4.78, 5) is 0. The zero-order chi connectivity index (χ0) is 6.95. The van der Waals surface area contributed by atoms with E-state index < -0.39 is 0 Å². The van der Waals surface area contributed by atoms with Crippen LogP contribution < -0.4 is 0 Å². The first kappa shape index (κ1) is 10.1. The Bertz CT molecular complexity index is 42.2. The molecule has 0 aromatic rings. The molecule has 0 aliphatic rings. The Hall–Kier alpha value is 1.08. The lowest BCUT2D eigenvalue weighted by atomic mass is 10.4. The van der Waals surface area contributed by atoms with E-state index in [4.69, 9.17) is 0 Å². The average Bonchev–Trinajstić information content (AvgIpc) is 1.89. The van der Waals surface area contributed by atoms with E-state index in [-0.39, 0.29) is 0 Å². The van der Waals surface area contributed by atoms with Gasteiger partial charge >= 0.3 is 0 Å². The van der Waals surface area contributed by atoms with Crippen LogP contribution in [0.25, 0.3) is 0 Å². The molecule has 0 aliphatic heterocycles. The van der Waals surface area contributed by atoms with Crippen molar-refractivity contribution in [3.05, 3.63) is 0 Å². The number of hydrogen-bond acceptors (Lipinski definition) is 1. The molecule has 0 fully saturated rings. The van der Waals surface area contributed by atoms with Gasteiger partial charge in [0.1, 0.15) is 0 Å². The maximum atomic E-state index is 2.44. The molecule has 0 nitrogen and oxygen atoms in total. The molecular weight excluding hydrogens is 243 g/mol. The summed E-state index contributed by atoms with van der Waals surface area (Å²) >= 11 is 4.53. The first-order valence-corrected chi connectivity index (χ1v) is 6.23. The smallest absolute Gasteiger partial charge is 0.000443 e. The zero-order valence-electron chi connectivity index (χ0n) is 6.03. The van der Waals surface area contributed by atoms with Gasteiger partial charge in [0, 0.05) is 0 Å². The quantitative estimate of drug-likeness (QED) is 0.400. The fourth-order valence-corrected chi connectivity index (χ4v) is 1.99. The summed E-state index contributed by atoms with van der Waals surface area (Å²) in [5.41, 5.74) is 0. The highest BCUT2D eigenvalue weighted by Gasteiger charge is 1.86. The van der Waals surface area contributed by atoms with Gasteiger partial charge in [-0.25, -0.2) is 0 Å². The van der Waals surface area contributed by atoms with E-state index in [9.17, 15) is 0 Å². The van der Waals surface area contributed by atoms with Crippen molar-refractivity contribution < 1.29 is 0 Å². The molecule has 0 aromatic carbocycles. The highest BCUT2D eigenvalue weighted by Crippen LogP contribution is 2.06. The van der Waals surface area contributed by atoms with Gasteiger partial charge in [-0.15, -0.1) is 0 Å². The second kappa shape index (κ2) is 9.08. The predicted molar refractivity (Wildman–Crippen MR) is 55.7 cm³/mol. The van der Waals surface area contributed by atoms with Crippen LogP contribution in [0.4, 0.5) is 0 Å². The van der Waals surface area contributed by atoms with Gasteiger partial charge in [-0.3, -0.25) is 0 Å². The Morgan fingerprint density at radius 3 is 2.56 bits per heavy atom. The Balaban J connectivity index is 2.60. The molecule has 0 heterocycles. The van der Waals surface area contributed by atoms with E-state index in [0.29, 0.717) is 0 Å². The van der Waals surface area contributed by atoms with Crippen LogP contribution in [-0.4, -0.2) is 15.9 Å². The summed E-state index contributed by atoms with van der Waals surface area (Å²) in [6.07, 6.45) is 4.14. The van der Waals surface area contributed by atoms with Gasteiger partial charge in [0.15, 0.2) is 0 Å². The number of thioether (sulfide) groups is 1. The highest BCUT2D eigenvalue weighted by atomic mass is 127. The molecule has 56 valence electrons. The average molecular weight is 258 g/mol. The van der Waals surface area contributed by atoms with Gasteiger partial charge in [-0.05, 0) is 35.2 Å². The van der Waals surface area contributed by atoms with Gasteiger partial charge < -0.3 is 0 Å². The van der Waals surface area contributed by atoms with E-state index >= 15 is 0 Å². The second-order valence-electron chi connectivity index (χ2n) is 2.01. The molecule has 2 heteroatoms. The van der Waals surface area contributed by atoms with Gasteiger partial charge in [-0.1, -0.05) is 29.5 Å². The van der Waals surface area contributed by atoms with E-state index in [1.807, 2.05) is 0 Å². The van der Waals surface area contributed by atoms with E-state index in [1.165, 1.54) is 35.2 Å². The molecule has 0 spiro atoms. The van der Waals surface area contributed by atoms with E-state index in [1.54, 1.807) is 0 Å². The Labute approximate surface area is 76.3 Å². The zero-order valence-corrected chi connectivity index (χ0v) is 9.00. The fraction of sp³-hybridized carbons (Fsp3) is 1.00. The molecule has 0 aromatic heterocycles. The standard InChI is InChI=1S/C7H15IS/c1-2-6-9-7-4-3-5-8/h2-7H2,1H3. The molecule has 0 N–H and O–H groups in total. The SMILES string of the molecule is CCCSCCCCI. The van der Waals surface area contributed by atoms with Crippen LogP contribution >= 0.6 is 34.4 Å². The van der Waals surface area contributed by atoms with Crippen molar-refractivity contribution >= 4 is 34.4 Å². The van der Waals surface area contributed by atoms with Gasteiger partial charge in [-0.2, -0.15) is 11.8 Å². The first-order chi connectivity index (χ1) is 4.41. The Kier molecular flexibility index (Phi) is 10.2. The summed E-state index contributed by atoms with van der Waals surface area (Å²) < 4.78 is 1.32. The van der Waals surface area contributed by atoms with Crippen molar-refractivity contribution in [1.29, 1.82) is 0 Å². The van der Waals surface area contributed by atoms with E-state index in [0.717, 1.165) is 0 Å². The van der Waals surface area contributed by atoms with Crippen molar-refractivity contribution in [3.63, 3.8) is 0 Å². The van der Waals surface area contributed by atoms with E-state index in [2.05, 4.69) is 41.3 Å². The summed E-state index contributed by atoms with van der Waals surface area (Å²) in [5, 5.41) is 0. The maximum absolute atomic E-state index is 2.44. The second-order valence-corrected chi connectivity index (χ2v) is 4.31. The van der Waals surface area contributed by atoms with Crippen LogP contribution in [0, 0.1) is 0 Å². The summed E-state index contributed by atoms with van der Waals surface area (Å²) in [7, 11) is 0. The fourth-order valence-electron chi connectivity index (χ4n) is 0.545. The minimum atomic E-state index is 1.32. The molecule has 0 atom stereocenters. The van der Waals surface area contributed by atoms with Crippen LogP contribution in [0.3, 0.4) is 0 Å². The first-order valence-electron chi connectivity index (χ1n) is 3.55. The normalized spacial score (nSPS) is 10.0. The van der Waals surface area contributed by atoms with Crippen molar-refractivity contribution in [2.24, 2.45) is 0 Å². The molecular formula is C7H15IS. The highest BCUT2D eigenvalue weighted by molar-refractivity contribution is 14.1. The Morgan fingerprint density at radius 2 is 2.00 bits per heavy atom. The van der Waals surface area contributed by atoms with Crippen molar-refractivity contribution in [2.75, 3.05) is 15.9 Å². The van der Waals surface area contributed by atoms with Gasteiger partial charge in [0.2, 0.25) is 0 Å². The monoisotopic (exact) mass is 258 g/mol. The van der Waals surface area contributed by atoms with Crippen LogP contribution in [0.5, 0.6) is 0 Å². The van der Waals surface area contributed by atoms with Gasteiger partial charge in [0.25, 0.3) is 0 Å². The van der Waals surface area contributed by atoms with Crippen molar-refractivity contribution in [3.8, 4) is 0 Å². The maximum Gasteiger partial charge on any atom is -0.000443 e. The molecule has 9 heavy (non-hydrogen) atoms. The summed E-state index contributed by atoms with van der Waals surface area (Å²) in [6, 6.07) is 0. The number of halogens is 1. The summed E-state index contributed by atoms with van der Waals surface area (Å²) in [6.45, 7) is 2.24. The molecule has 0 saturated carbocycles. The van der Waals surface area contributed by atoms with Gasteiger partial charge in [0.05, 0.1) is 0 Å². The lowest BCUT2D eigenvalue weighted by Gasteiger charge is -1.95. The summed E-state index contributed by atoms with van der Waals surface area (Å²) in [5.74, 6) is 2.72. The van der Waals surface area contributed by atoms with Crippen LogP contribution in [-0.2, 0) is 0 Å². The van der Waals surface area contributed by atoms with Crippen LogP contribution in [0.1, 0.15) is 26.2 Å². The lowest BCUT2D eigenvalue weighted by Crippen LogP contribution is -1.82. The van der Waals surface area contributed by atoms with Crippen molar-refractivity contribution in [1.82, 2.24) is 0 Å². The molecule has 0 radical (unpaired) electrons. The lowest BCUT2D eigenvalue weighted by molar-refractivity contribution is 0.917. The Morgan fingerprint density at radius 1 is 1.22 bits per heavy atom. The number of alkyl halides is 1. The molecule has 0 bridgehead atoms. The molecule has 0 rings (SSSR count). The molecule has 0 amide bonds. The largest absolute Gasteiger partial charge is 0.162 e. The third-order valence-electron chi connectivity index (χ3n) is 1.02. The third kappa shape index (κ3) is 9.08. The molecule has 0 saturated heterocycles. The van der Waals surface area contributed by atoms with Crippen LogP contribution in [0.15, 0.2) is 0 Å². The number of hydrogen-bond donors (Lipinski definition) is 0. The minimum Gasteiger partial charge on any atom is -0.162 e. The predicted octanol–water partition coefficient (Wildman–Crippen LogP) is 3.34. The topological polar surface area (TPSA) is 0 Å². The van der Waals surface area contributed by atoms with Crippen LogP contribution in [0.2, 0.25) is 0 Å². The number of rotatable bonds is 6. The molecule has 0 aliphatic carbocycles. The van der Waals surface area contributed by atoms with Crippen molar-refractivity contribution in [2.45, 2.75) is 26.2 Å². The molecule has 0 unspecified atom stereocenters. The third-order valence-corrected chi connectivity index (χ3v) is 3.06. The number of unbranched alkanes of at least 4 members (excludes halogenated alkanes) is 1. The minimum absolute atomic E-state index is 1.32.